The predicted molar refractivity (Wildman–Crippen MR) is 81.4 cm³/mol. The van der Waals surface area contributed by atoms with E-state index in [4.69, 9.17) is 0 Å². The molecule has 1 amide bonds. The third-order valence-corrected chi connectivity index (χ3v) is 4.13. The normalized spacial score (nSPS) is 18.9. The van der Waals surface area contributed by atoms with Gasteiger partial charge in [-0.05, 0) is 18.6 Å². The number of hydrogen-bond acceptors (Lipinski definition) is 3. The summed E-state index contributed by atoms with van der Waals surface area (Å²) in [4.78, 5) is 13.9. The van der Waals surface area contributed by atoms with Gasteiger partial charge in [-0.15, -0.1) is 0 Å². The second-order valence-corrected chi connectivity index (χ2v) is 5.55. The number of amides is 1. The van der Waals surface area contributed by atoms with E-state index in [0.29, 0.717) is 37.3 Å². The fourth-order valence-corrected chi connectivity index (χ4v) is 3.00. The molecular formula is C16H18F2N4O. The Balaban J connectivity index is 1.91. The molecular weight excluding hydrogens is 302 g/mol. The number of benzene rings is 1. The Morgan fingerprint density at radius 2 is 2.09 bits per heavy atom. The third kappa shape index (κ3) is 2.96. The summed E-state index contributed by atoms with van der Waals surface area (Å²) in [6.07, 6.45) is 2.23. The molecule has 1 saturated heterocycles. The van der Waals surface area contributed by atoms with E-state index in [1.165, 1.54) is 18.2 Å². The summed E-state index contributed by atoms with van der Waals surface area (Å²) in [6, 6.07) is 3.52. The van der Waals surface area contributed by atoms with Gasteiger partial charge in [0.25, 0.3) is 0 Å². The molecule has 1 aliphatic heterocycles. The second kappa shape index (κ2) is 6.45. The van der Waals surface area contributed by atoms with Gasteiger partial charge in [0.2, 0.25) is 5.91 Å². The average Bonchev–Trinajstić information content (AvgIpc) is 2.95. The van der Waals surface area contributed by atoms with Crippen LogP contribution in [0.1, 0.15) is 18.9 Å². The number of rotatable bonds is 4. The Bertz CT molecular complexity index is 696. The minimum atomic E-state index is -0.640. The summed E-state index contributed by atoms with van der Waals surface area (Å²) in [7, 11) is 0. The van der Waals surface area contributed by atoms with Crippen molar-refractivity contribution in [2.24, 2.45) is 0 Å². The lowest BCUT2D eigenvalue weighted by atomic mass is 10.0. The summed E-state index contributed by atoms with van der Waals surface area (Å²) in [5.41, 5.74) is 0.873. The maximum absolute atomic E-state index is 14.0. The van der Waals surface area contributed by atoms with Gasteiger partial charge in [0, 0.05) is 25.2 Å². The van der Waals surface area contributed by atoms with Gasteiger partial charge >= 0.3 is 0 Å². The molecule has 2 heterocycles. The first kappa shape index (κ1) is 15.6. The fourth-order valence-electron chi connectivity index (χ4n) is 3.00. The van der Waals surface area contributed by atoms with Gasteiger partial charge in [0.15, 0.2) is 0 Å². The van der Waals surface area contributed by atoms with Crippen LogP contribution in [0.25, 0.3) is 11.3 Å². The van der Waals surface area contributed by atoms with Crippen molar-refractivity contribution in [3.63, 3.8) is 0 Å². The number of carbonyl (C=O) groups is 1. The number of hydrogen-bond donors (Lipinski definition) is 2. The Hall–Kier alpha value is -2.28. The van der Waals surface area contributed by atoms with Gasteiger partial charge in [-0.2, -0.15) is 5.10 Å². The molecule has 2 aromatic rings. The van der Waals surface area contributed by atoms with Crippen molar-refractivity contribution in [1.82, 2.24) is 20.4 Å². The van der Waals surface area contributed by atoms with Crippen molar-refractivity contribution in [2.75, 3.05) is 13.1 Å². The zero-order valence-electron chi connectivity index (χ0n) is 12.8. The minimum Gasteiger partial charge on any atom is -0.353 e. The summed E-state index contributed by atoms with van der Waals surface area (Å²) in [5.74, 6) is -1.29. The molecule has 0 bridgehead atoms. The number of halogens is 2. The van der Waals surface area contributed by atoms with E-state index in [9.17, 15) is 13.6 Å². The zero-order chi connectivity index (χ0) is 16.4. The molecule has 0 spiro atoms. The van der Waals surface area contributed by atoms with Gasteiger partial charge in [-0.25, -0.2) is 8.78 Å². The lowest BCUT2D eigenvalue weighted by molar-refractivity contribution is -0.129. The molecule has 23 heavy (non-hydrogen) atoms. The van der Waals surface area contributed by atoms with E-state index in [1.807, 2.05) is 11.8 Å². The first-order valence-corrected chi connectivity index (χ1v) is 7.60. The number of nitrogens with one attached hydrogen (secondary N) is 2. The van der Waals surface area contributed by atoms with E-state index in [2.05, 4.69) is 15.5 Å². The Labute approximate surface area is 132 Å². The van der Waals surface area contributed by atoms with E-state index >= 15 is 0 Å². The minimum absolute atomic E-state index is 0.0131. The van der Waals surface area contributed by atoms with Crippen LogP contribution in [0.2, 0.25) is 0 Å². The molecule has 2 N–H and O–H groups in total. The average molecular weight is 320 g/mol. The van der Waals surface area contributed by atoms with Crippen molar-refractivity contribution in [2.45, 2.75) is 25.9 Å². The van der Waals surface area contributed by atoms with Crippen molar-refractivity contribution < 1.29 is 13.6 Å². The molecule has 0 saturated carbocycles. The number of carbonyl (C=O) groups excluding carboxylic acids is 1. The van der Waals surface area contributed by atoms with Crippen LogP contribution in [0.4, 0.5) is 8.78 Å². The predicted octanol–water partition coefficient (Wildman–Crippen LogP) is 2.07. The lowest BCUT2D eigenvalue weighted by Crippen LogP contribution is -2.54. The zero-order valence-corrected chi connectivity index (χ0v) is 12.8. The highest BCUT2D eigenvalue weighted by Crippen LogP contribution is 2.28. The van der Waals surface area contributed by atoms with Gasteiger partial charge in [0.05, 0.1) is 23.5 Å². The van der Waals surface area contributed by atoms with Gasteiger partial charge < -0.3 is 5.32 Å². The first-order valence-electron chi connectivity index (χ1n) is 7.60. The Kier molecular flexibility index (Phi) is 4.38. The van der Waals surface area contributed by atoms with Crippen LogP contribution >= 0.6 is 0 Å². The number of aromatic amines is 1. The molecule has 1 aliphatic rings. The van der Waals surface area contributed by atoms with Crippen LogP contribution in [-0.4, -0.2) is 40.1 Å². The Morgan fingerprint density at radius 3 is 2.78 bits per heavy atom. The summed E-state index contributed by atoms with van der Waals surface area (Å²) in [6.45, 7) is 3.60. The quantitative estimate of drug-likeness (QED) is 0.906. The van der Waals surface area contributed by atoms with E-state index in [1.54, 1.807) is 6.20 Å². The molecule has 1 atom stereocenters. The lowest BCUT2D eigenvalue weighted by Gasteiger charge is -2.34. The van der Waals surface area contributed by atoms with Crippen LogP contribution < -0.4 is 5.32 Å². The van der Waals surface area contributed by atoms with Crippen molar-refractivity contribution >= 4 is 5.91 Å². The molecule has 5 nitrogen and oxygen atoms in total. The molecule has 1 fully saturated rings. The molecule has 1 aromatic carbocycles. The Morgan fingerprint density at radius 1 is 1.35 bits per heavy atom. The molecule has 0 aliphatic carbocycles. The van der Waals surface area contributed by atoms with Gasteiger partial charge in [-0.3, -0.25) is 14.8 Å². The van der Waals surface area contributed by atoms with Crippen LogP contribution in [0.5, 0.6) is 0 Å². The number of aromatic nitrogens is 2. The van der Waals surface area contributed by atoms with Crippen LogP contribution in [0, 0.1) is 11.6 Å². The topological polar surface area (TPSA) is 61.0 Å². The van der Waals surface area contributed by atoms with Gasteiger partial charge in [0.1, 0.15) is 11.6 Å². The van der Waals surface area contributed by atoms with Crippen LogP contribution in [-0.2, 0) is 11.3 Å². The maximum Gasteiger partial charge on any atom is 0.237 e. The number of piperazine rings is 1. The summed E-state index contributed by atoms with van der Waals surface area (Å²) < 4.78 is 28.0. The monoisotopic (exact) mass is 320 g/mol. The highest BCUT2D eigenvalue weighted by Gasteiger charge is 2.29. The SMILES string of the molecule is CC[C@@H]1C(=O)NCCN1Cc1cn[nH]c1-c1c(F)cccc1F. The number of nitrogens with zero attached hydrogens (tertiary/aromatic N) is 2. The molecule has 0 unspecified atom stereocenters. The molecule has 0 radical (unpaired) electrons. The third-order valence-electron chi connectivity index (χ3n) is 4.13. The van der Waals surface area contributed by atoms with Crippen molar-refractivity contribution in [1.29, 1.82) is 0 Å². The molecule has 122 valence electrons. The first-order chi connectivity index (χ1) is 11.1. The molecule has 3 rings (SSSR count). The maximum atomic E-state index is 14.0. The fraction of sp³-hybridized carbons (Fsp3) is 0.375. The van der Waals surface area contributed by atoms with E-state index < -0.39 is 11.6 Å². The molecule has 1 aromatic heterocycles. The van der Waals surface area contributed by atoms with E-state index in [0.717, 1.165) is 0 Å². The highest BCUT2D eigenvalue weighted by atomic mass is 19.1. The largest absolute Gasteiger partial charge is 0.353 e. The number of H-pyrrole nitrogens is 1. The summed E-state index contributed by atoms with van der Waals surface area (Å²) in [5, 5.41) is 9.44. The van der Waals surface area contributed by atoms with E-state index in [-0.39, 0.29) is 17.5 Å². The smallest absolute Gasteiger partial charge is 0.237 e. The standard InChI is InChI=1S/C16H18F2N4O/c1-2-13-16(23)19-6-7-22(13)9-10-8-20-21-15(10)14-11(17)4-3-5-12(14)18/h3-5,8,13H,2,6-7,9H2,1H3,(H,19,23)(H,20,21)/t13-/m1/s1. The van der Waals surface area contributed by atoms with Crippen LogP contribution in [0.15, 0.2) is 24.4 Å². The summed E-state index contributed by atoms with van der Waals surface area (Å²) >= 11 is 0. The second-order valence-electron chi connectivity index (χ2n) is 5.55. The highest BCUT2D eigenvalue weighted by molar-refractivity contribution is 5.82. The van der Waals surface area contributed by atoms with Crippen LogP contribution in [0.3, 0.4) is 0 Å². The van der Waals surface area contributed by atoms with Crippen molar-refractivity contribution in [3.8, 4) is 11.3 Å². The van der Waals surface area contributed by atoms with Gasteiger partial charge in [-0.1, -0.05) is 13.0 Å². The van der Waals surface area contributed by atoms with Crippen molar-refractivity contribution in [3.05, 3.63) is 41.6 Å². The molecule has 7 heteroatoms.